The molecule has 0 spiro atoms. The predicted octanol–water partition coefficient (Wildman–Crippen LogP) is 6.48. The number of benzene rings is 2. The van der Waals surface area contributed by atoms with E-state index in [1.807, 2.05) is 12.1 Å². The molecule has 2 nitrogen and oxygen atoms in total. The Morgan fingerprint density at radius 2 is 1.77 bits per heavy atom. The Kier molecular flexibility index (Phi) is 6.22. The van der Waals surface area contributed by atoms with Crippen molar-refractivity contribution in [1.29, 1.82) is 5.26 Å². The lowest BCUT2D eigenvalue weighted by Gasteiger charge is -2.33. The highest BCUT2D eigenvalue weighted by Gasteiger charge is 2.37. The largest absolute Gasteiger partial charge is 0.494 e. The molecule has 1 saturated carbocycles. The lowest BCUT2D eigenvalue weighted by Crippen LogP contribution is -2.31. The molecule has 1 aliphatic carbocycles. The van der Waals surface area contributed by atoms with Crippen LogP contribution in [0.15, 0.2) is 48.5 Å². The van der Waals surface area contributed by atoms with Crippen LogP contribution in [0.2, 0.25) is 0 Å². The number of alkyl halides is 1. The van der Waals surface area contributed by atoms with Crippen LogP contribution in [0.3, 0.4) is 0 Å². The molecule has 0 bridgehead atoms. The second-order valence-electron chi connectivity index (χ2n) is 7.19. The van der Waals surface area contributed by atoms with Gasteiger partial charge in [-0.1, -0.05) is 56.2 Å². The zero-order chi connectivity index (χ0) is 18.4. The average Bonchev–Trinajstić information content (AvgIpc) is 2.69. The van der Waals surface area contributed by atoms with Crippen molar-refractivity contribution in [3.05, 3.63) is 54.1 Å². The van der Waals surface area contributed by atoms with Gasteiger partial charge in [0.2, 0.25) is 0 Å². The maximum absolute atomic E-state index is 9.80. The first-order chi connectivity index (χ1) is 12.7. The van der Waals surface area contributed by atoms with Crippen molar-refractivity contribution in [1.82, 2.24) is 0 Å². The Labute approximate surface area is 161 Å². The number of nitriles is 1. The smallest absolute Gasteiger partial charge is 0.119 e. The molecule has 0 amide bonds. The van der Waals surface area contributed by atoms with Gasteiger partial charge in [-0.3, -0.25) is 0 Å². The van der Waals surface area contributed by atoms with Crippen molar-refractivity contribution in [2.75, 3.05) is 6.61 Å². The van der Waals surface area contributed by atoms with E-state index in [2.05, 4.69) is 49.4 Å². The summed E-state index contributed by atoms with van der Waals surface area (Å²) in [6.45, 7) is 2.93. The van der Waals surface area contributed by atoms with E-state index in [-0.39, 0.29) is 5.38 Å². The normalized spacial score (nSPS) is 22.6. The molecule has 0 aliphatic heterocycles. The number of ether oxygens (including phenoxy) is 1. The lowest BCUT2D eigenvalue weighted by atomic mass is 9.70. The first kappa shape index (κ1) is 18.8. The van der Waals surface area contributed by atoms with Gasteiger partial charge < -0.3 is 4.74 Å². The quantitative estimate of drug-likeness (QED) is 0.432. The van der Waals surface area contributed by atoms with Crippen LogP contribution < -0.4 is 4.74 Å². The number of nitrogens with zero attached hydrogens (tertiary/aromatic N) is 1. The maximum atomic E-state index is 9.80. The minimum atomic E-state index is -0.430. The zero-order valence-corrected chi connectivity index (χ0v) is 16.1. The molecule has 2 aromatic rings. The highest BCUT2D eigenvalue weighted by atomic mass is 35.5. The standard InChI is InChI=1S/C23H26ClNO/c1-2-3-15-26-22-12-8-19(9-13-22)18-6-10-20(11-7-18)23(17-25)14-4-5-21(24)16-23/h6-13,21H,2-5,14-16H2,1H3. The third kappa shape index (κ3) is 4.22. The van der Waals surface area contributed by atoms with Gasteiger partial charge in [-0.05, 0) is 54.5 Å². The topological polar surface area (TPSA) is 33.0 Å². The lowest BCUT2D eigenvalue weighted by molar-refractivity contribution is 0.309. The molecule has 0 radical (unpaired) electrons. The Morgan fingerprint density at radius 1 is 1.12 bits per heavy atom. The SMILES string of the molecule is CCCCOc1ccc(-c2ccc(C3(C#N)CCCC(Cl)C3)cc2)cc1. The van der Waals surface area contributed by atoms with Crippen LogP contribution >= 0.6 is 11.6 Å². The molecular formula is C23H26ClNO. The van der Waals surface area contributed by atoms with Crippen molar-refractivity contribution in [2.24, 2.45) is 0 Å². The first-order valence-electron chi connectivity index (χ1n) is 9.56. The van der Waals surface area contributed by atoms with E-state index in [0.29, 0.717) is 0 Å². The van der Waals surface area contributed by atoms with Gasteiger partial charge in [0, 0.05) is 5.38 Å². The Balaban J connectivity index is 1.74. The molecule has 2 unspecified atom stereocenters. The minimum absolute atomic E-state index is 0.100. The molecule has 136 valence electrons. The van der Waals surface area contributed by atoms with E-state index in [9.17, 15) is 5.26 Å². The third-order valence-electron chi connectivity index (χ3n) is 5.30. The summed E-state index contributed by atoms with van der Waals surface area (Å²) in [5.41, 5.74) is 2.97. The first-order valence-corrected chi connectivity index (χ1v) is 9.99. The van der Waals surface area contributed by atoms with Crippen molar-refractivity contribution in [3.63, 3.8) is 0 Å². The van der Waals surface area contributed by atoms with Gasteiger partial charge in [0.1, 0.15) is 5.75 Å². The molecule has 3 heteroatoms. The monoisotopic (exact) mass is 367 g/mol. The Morgan fingerprint density at radius 3 is 2.35 bits per heavy atom. The van der Waals surface area contributed by atoms with Crippen molar-refractivity contribution >= 4 is 11.6 Å². The Bertz CT molecular complexity index is 747. The van der Waals surface area contributed by atoms with Gasteiger partial charge >= 0.3 is 0 Å². The fraction of sp³-hybridized carbons (Fsp3) is 0.435. The summed E-state index contributed by atoms with van der Waals surface area (Å²) in [6.07, 6.45) is 5.88. The summed E-state index contributed by atoms with van der Waals surface area (Å²) in [5, 5.41) is 9.90. The molecular weight excluding hydrogens is 342 g/mol. The van der Waals surface area contributed by atoms with E-state index in [1.54, 1.807) is 0 Å². The molecule has 2 aromatic carbocycles. The average molecular weight is 368 g/mol. The van der Waals surface area contributed by atoms with Crippen molar-refractivity contribution in [2.45, 2.75) is 56.2 Å². The third-order valence-corrected chi connectivity index (χ3v) is 5.67. The molecule has 26 heavy (non-hydrogen) atoms. The van der Waals surface area contributed by atoms with E-state index >= 15 is 0 Å². The van der Waals surface area contributed by atoms with E-state index in [1.165, 1.54) is 0 Å². The fourth-order valence-corrected chi connectivity index (χ4v) is 4.11. The van der Waals surface area contributed by atoms with E-state index in [0.717, 1.165) is 67.6 Å². The molecule has 0 saturated heterocycles. The molecule has 0 N–H and O–H groups in total. The van der Waals surface area contributed by atoms with Crippen molar-refractivity contribution < 1.29 is 4.74 Å². The molecule has 3 rings (SSSR count). The Hall–Kier alpha value is -1.98. The molecule has 0 aromatic heterocycles. The van der Waals surface area contributed by atoms with E-state index in [4.69, 9.17) is 16.3 Å². The highest BCUT2D eigenvalue weighted by molar-refractivity contribution is 6.20. The number of rotatable bonds is 6. The van der Waals surface area contributed by atoms with Crippen LogP contribution in [0.25, 0.3) is 11.1 Å². The van der Waals surface area contributed by atoms with Gasteiger partial charge in [0.05, 0.1) is 18.1 Å². The summed E-state index contributed by atoms with van der Waals surface area (Å²) in [7, 11) is 0. The van der Waals surface area contributed by atoms with Gasteiger partial charge in [-0.15, -0.1) is 11.6 Å². The summed E-state index contributed by atoms with van der Waals surface area (Å²) >= 11 is 6.35. The summed E-state index contributed by atoms with van der Waals surface area (Å²) in [6, 6.07) is 19.2. The van der Waals surface area contributed by atoms with Crippen LogP contribution in [-0.2, 0) is 5.41 Å². The van der Waals surface area contributed by atoms with Crippen LogP contribution in [-0.4, -0.2) is 12.0 Å². The number of hydrogen-bond donors (Lipinski definition) is 0. The number of unbranched alkanes of at least 4 members (excludes halogenated alkanes) is 1. The second kappa shape index (κ2) is 8.60. The highest BCUT2D eigenvalue weighted by Crippen LogP contribution is 2.41. The summed E-state index contributed by atoms with van der Waals surface area (Å²) in [4.78, 5) is 0. The predicted molar refractivity (Wildman–Crippen MR) is 108 cm³/mol. The van der Waals surface area contributed by atoms with E-state index < -0.39 is 5.41 Å². The second-order valence-corrected chi connectivity index (χ2v) is 7.81. The summed E-state index contributed by atoms with van der Waals surface area (Å²) < 4.78 is 5.72. The maximum Gasteiger partial charge on any atom is 0.119 e. The molecule has 0 heterocycles. The fourth-order valence-electron chi connectivity index (χ4n) is 3.70. The van der Waals surface area contributed by atoms with Crippen LogP contribution in [0.4, 0.5) is 0 Å². The molecule has 1 aliphatic rings. The van der Waals surface area contributed by atoms with Crippen LogP contribution in [0, 0.1) is 11.3 Å². The number of hydrogen-bond acceptors (Lipinski definition) is 2. The van der Waals surface area contributed by atoms with Gasteiger partial charge in [-0.25, -0.2) is 0 Å². The number of halogens is 1. The van der Waals surface area contributed by atoms with Gasteiger partial charge in [0.15, 0.2) is 0 Å². The van der Waals surface area contributed by atoms with Gasteiger partial charge in [0.25, 0.3) is 0 Å². The van der Waals surface area contributed by atoms with Gasteiger partial charge in [-0.2, -0.15) is 5.26 Å². The van der Waals surface area contributed by atoms with Crippen LogP contribution in [0.5, 0.6) is 5.75 Å². The molecule has 2 atom stereocenters. The zero-order valence-electron chi connectivity index (χ0n) is 15.4. The van der Waals surface area contributed by atoms with Crippen LogP contribution in [0.1, 0.15) is 51.0 Å². The molecule has 1 fully saturated rings. The summed E-state index contributed by atoms with van der Waals surface area (Å²) in [5.74, 6) is 0.914. The van der Waals surface area contributed by atoms with Crippen molar-refractivity contribution in [3.8, 4) is 22.9 Å². The minimum Gasteiger partial charge on any atom is -0.494 e.